The molecule has 2 aromatic rings. The Morgan fingerprint density at radius 1 is 1.11 bits per heavy atom. The maximum absolute atomic E-state index is 13.5. The fourth-order valence-corrected chi connectivity index (χ4v) is 5.59. The minimum atomic E-state index is -0.517. The standard InChI is InChI=1S/C31H35NO5/c1-20-27(30(34)37-19-24-13-8-14-35-24)28(29-25(32-20)16-31(2,3)17-26(29)33)22-11-7-12-23(15-22)36-18-21-9-5-4-6-10-21/h4-7,9-12,15,24,28,32H,8,13-14,16-19H2,1-3H3/t24-,28+/m1/s1. The lowest BCUT2D eigenvalue weighted by Crippen LogP contribution is -2.39. The molecule has 2 aromatic carbocycles. The topological polar surface area (TPSA) is 73.9 Å². The third kappa shape index (κ3) is 5.64. The summed E-state index contributed by atoms with van der Waals surface area (Å²) in [6.07, 6.45) is 2.97. The van der Waals surface area contributed by atoms with Crippen LogP contribution in [0.4, 0.5) is 0 Å². The molecule has 5 rings (SSSR count). The Morgan fingerprint density at radius 2 is 1.92 bits per heavy atom. The minimum Gasteiger partial charge on any atom is -0.489 e. The zero-order valence-corrected chi connectivity index (χ0v) is 21.8. The molecule has 6 nitrogen and oxygen atoms in total. The molecular weight excluding hydrogens is 466 g/mol. The summed E-state index contributed by atoms with van der Waals surface area (Å²) in [7, 11) is 0. The van der Waals surface area contributed by atoms with Crippen LogP contribution in [0.25, 0.3) is 0 Å². The van der Waals surface area contributed by atoms with E-state index in [0.717, 1.165) is 41.8 Å². The average Bonchev–Trinajstić information content (AvgIpc) is 3.39. The molecule has 0 aromatic heterocycles. The number of ketones is 1. The van der Waals surface area contributed by atoms with Gasteiger partial charge in [-0.3, -0.25) is 4.79 Å². The van der Waals surface area contributed by atoms with E-state index in [1.54, 1.807) is 0 Å². The van der Waals surface area contributed by atoms with E-state index in [1.807, 2.05) is 61.5 Å². The molecule has 1 N–H and O–H groups in total. The Morgan fingerprint density at radius 3 is 2.68 bits per heavy atom. The largest absolute Gasteiger partial charge is 0.489 e. The predicted molar refractivity (Wildman–Crippen MR) is 141 cm³/mol. The van der Waals surface area contributed by atoms with Crippen molar-refractivity contribution in [3.63, 3.8) is 0 Å². The van der Waals surface area contributed by atoms with Crippen molar-refractivity contribution in [1.29, 1.82) is 0 Å². The Kier molecular flexibility index (Phi) is 7.20. The smallest absolute Gasteiger partial charge is 0.336 e. The summed E-state index contributed by atoms with van der Waals surface area (Å²) in [5.41, 5.74) is 4.53. The number of dihydropyridines is 1. The van der Waals surface area contributed by atoms with E-state index in [-0.39, 0.29) is 23.9 Å². The van der Waals surface area contributed by atoms with E-state index in [4.69, 9.17) is 14.2 Å². The second-order valence-corrected chi connectivity index (χ2v) is 11.0. The van der Waals surface area contributed by atoms with Crippen molar-refractivity contribution in [1.82, 2.24) is 5.32 Å². The van der Waals surface area contributed by atoms with Crippen LogP contribution < -0.4 is 10.1 Å². The molecule has 0 radical (unpaired) electrons. The second-order valence-electron chi connectivity index (χ2n) is 11.0. The zero-order chi connectivity index (χ0) is 26.0. The molecule has 2 aliphatic heterocycles. The van der Waals surface area contributed by atoms with E-state index in [9.17, 15) is 9.59 Å². The number of hydrogen-bond acceptors (Lipinski definition) is 6. The Hall–Kier alpha value is -3.38. The molecule has 37 heavy (non-hydrogen) atoms. The van der Waals surface area contributed by atoms with E-state index in [2.05, 4.69) is 19.2 Å². The van der Waals surface area contributed by atoms with Crippen LogP contribution in [0.2, 0.25) is 0 Å². The molecular formula is C31H35NO5. The third-order valence-electron chi connectivity index (χ3n) is 7.32. The van der Waals surface area contributed by atoms with Gasteiger partial charge in [0.05, 0.1) is 11.7 Å². The fourth-order valence-electron chi connectivity index (χ4n) is 5.59. The maximum atomic E-state index is 13.5. The molecule has 0 saturated carbocycles. The van der Waals surface area contributed by atoms with Crippen LogP contribution in [0.15, 0.2) is 77.1 Å². The lowest BCUT2D eigenvalue weighted by Gasteiger charge is -2.39. The molecule has 3 aliphatic rings. The molecule has 0 bridgehead atoms. The van der Waals surface area contributed by atoms with Crippen molar-refractivity contribution < 1.29 is 23.8 Å². The average molecular weight is 502 g/mol. The number of allylic oxidation sites excluding steroid dienone is 3. The normalized spacial score (nSPS) is 22.9. The molecule has 1 saturated heterocycles. The van der Waals surface area contributed by atoms with Crippen molar-refractivity contribution in [2.75, 3.05) is 13.2 Å². The van der Waals surface area contributed by atoms with Gasteiger partial charge in [-0.2, -0.15) is 0 Å². The molecule has 0 spiro atoms. The van der Waals surface area contributed by atoms with Crippen LogP contribution in [0, 0.1) is 5.41 Å². The van der Waals surface area contributed by atoms with Gasteiger partial charge in [-0.1, -0.05) is 56.3 Å². The van der Waals surface area contributed by atoms with Crippen LogP contribution in [-0.2, 0) is 25.7 Å². The highest BCUT2D eigenvalue weighted by Crippen LogP contribution is 2.47. The number of benzene rings is 2. The summed E-state index contributed by atoms with van der Waals surface area (Å²) in [6.45, 7) is 7.45. The fraction of sp³-hybridized carbons (Fsp3) is 0.419. The Labute approximate surface area is 218 Å². The van der Waals surface area contributed by atoms with Crippen molar-refractivity contribution in [2.24, 2.45) is 5.41 Å². The van der Waals surface area contributed by atoms with Crippen LogP contribution >= 0.6 is 0 Å². The number of nitrogens with one attached hydrogen (secondary N) is 1. The van der Waals surface area contributed by atoms with Gasteiger partial charge in [-0.25, -0.2) is 4.79 Å². The summed E-state index contributed by atoms with van der Waals surface area (Å²) in [4.78, 5) is 27.1. The SMILES string of the molecule is CC1=C(C(=O)OC[C@H]2CCCO2)[C@H](c2cccc(OCc3ccccc3)c2)C2=C(CC(C)(C)CC2=O)N1. The summed E-state index contributed by atoms with van der Waals surface area (Å²) >= 11 is 0. The number of Topliss-reactive ketones (excluding diaryl/α,β-unsaturated/α-hetero) is 1. The van der Waals surface area contributed by atoms with Gasteiger partial charge in [0.25, 0.3) is 0 Å². The first-order chi connectivity index (χ1) is 17.8. The molecule has 1 aliphatic carbocycles. The summed E-state index contributed by atoms with van der Waals surface area (Å²) in [5.74, 6) is -0.172. The first kappa shape index (κ1) is 25.3. The number of ether oxygens (including phenoxy) is 3. The Bertz CT molecular complexity index is 1240. The van der Waals surface area contributed by atoms with Gasteiger partial charge in [-0.05, 0) is 54.9 Å². The monoisotopic (exact) mass is 501 g/mol. The van der Waals surface area contributed by atoms with Crippen molar-refractivity contribution in [2.45, 2.75) is 65.1 Å². The van der Waals surface area contributed by atoms with Gasteiger partial charge < -0.3 is 19.5 Å². The van der Waals surface area contributed by atoms with Crippen molar-refractivity contribution in [3.8, 4) is 5.75 Å². The van der Waals surface area contributed by atoms with Gasteiger partial charge in [0, 0.05) is 35.9 Å². The summed E-state index contributed by atoms with van der Waals surface area (Å²) in [6, 6.07) is 17.7. The molecule has 6 heteroatoms. The maximum Gasteiger partial charge on any atom is 0.336 e. The molecule has 0 unspecified atom stereocenters. The van der Waals surface area contributed by atoms with Crippen molar-refractivity contribution >= 4 is 11.8 Å². The van der Waals surface area contributed by atoms with Gasteiger partial charge in [0.2, 0.25) is 0 Å². The number of hydrogen-bond donors (Lipinski definition) is 1. The first-order valence-corrected chi connectivity index (χ1v) is 13.1. The molecule has 0 amide bonds. The molecule has 1 fully saturated rings. The van der Waals surface area contributed by atoms with Gasteiger partial charge >= 0.3 is 5.97 Å². The van der Waals surface area contributed by atoms with Crippen LogP contribution in [0.5, 0.6) is 5.75 Å². The van der Waals surface area contributed by atoms with Gasteiger partial charge in [0.15, 0.2) is 5.78 Å². The quantitative estimate of drug-likeness (QED) is 0.499. The lowest BCUT2D eigenvalue weighted by molar-refractivity contribution is -0.142. The molecule has 2 heterocycles. The molecule has 194 valence electrons. The highest BCUT2D eigenvalue weighted by molar-refractivity contribution is 6.04. The number of carbonyl (C=O) groups is 2. The second kappa shape index (κ2) is 10.5. The predicted octanol–water partition coefficient (Wildman–Crippen LogP) is 5.59. The Balaban J connectivity index is 1.47. The van der Waals surface area contributed by atoms with Gasteiger partial charge in [-0.15, -0.1) is 0 Å². The van der Waals surface area contributed by atoms with Gasteiger partial charge in [0.1, 0.15) is 19.0 Å². The highest BCUT2D eigenvalue weighted by Gasteiger charge is 2.43. The molecule has 2 atom stereocenters. The minimum absolute atomic E-state index is 0.0660. The van der Waals surface area contributed by atoms with Crippen molar-refractivity contribution in [3.05, 3.63) is 88.3 Å². The van der Waals surface area contributed by atoms with Crippen LogP contribution in [0.3, 0.4) is 0 Å². The first-order valence-electron chi connectivity index (χ1n) is 13.1. The van der Waals surface area contributed by atoms with Crippen LogP contribution in [-0.4, -0.2) is 31.1 Å². The summed E-state index contributed by atoms with van der Waals surface area (Å²) < 4.78 is 17.5. The van der Waals surface area contributed by atoms with Crippen LogP contribution in [0.1, 0.15) is 63.5 Å². The zero-order valence-electron chi connectivity index (χ0n) is 21.8. The number of carbonyl (C=O) groups excluding carboxylic acids is 2. The number of rotatable bonds is 7. The van der Waals surface area contributed by atoms with E-state index in [0.29, 0.717) is 36.5 Å². The number of esters is 1. The van der Waals surface area contributed by atoms with E-state index >= 15 is 0 Å². The van der Waals surface area contributed by atoms with E-state index in [1.165, 1.54) is 0 Å². The third-order valence-corrected chi connectivity index (χ3v) is 7.32. The summed E-state index contributed by atoms with van der Waals surface area (Å²) in [5, 5.41) is 3.40. The lowest BCUT2D eigenvalue weighted by atomic mass is 9.68. The highest BCUT2D eigenvalue weighted by atomic mass is 16.6. The van der Waals surface area contributed by atoms with E-state index < -0.39 is 11.9 Å².